The van der Waals surface area contributed by atoms with Gasteiger partial charge in [0.25, 0.3) is 5.91 Å². The molecular formula is C21H23N3O6S. The van der Waals surface area contributed by atoms with Gasteiger partial charge in [-0.1, -0.05) is 0 Å². The van der Waals surface area contributed by atoms with Crippen LogP contribution in [0.3, 0.4) is 0 Å². The average molecular weight is 445 g/mol. The molecule has 0 radical (unpaired) electrons. The molecule has 1 saturated heterocycles. The van der Waals surface area contributed by atoms with Gasteiger partial charge in [0.1, 0.15) is 29.0 Å². The minimum Gasteiger partial charge on any atom is -0.488 e. The van der Waals surface area contributed by atoms with E-state index in [1.165, 1.54) is 6.20 Å². The van der Waals surface area contributed by atoms with Crippen LogP contribution >= 0.6 is 0 Å². The zero-order chi connectivity index (χ0) is 22.0. The molecule has 10 heteroatoms. The number of carbonyl (C=O) groups excluding carboxylic acids is 1. The first-order valence-corrected chi connectivity index (χ1v) is 11.8. The van der Waals surface area contributed by atoms with E-state index in [0.717, 1.165) is 24.5 Å². The number of fused-ring (bicyclic) bond motifs is 1. The number of hydrogen-bond donors (Lipinski definition) is 2. The molecule has 0 atom stereocenters. The Balaban J connectivity index is 1.63. The van der Waals surface area contributed by atoms with E-state index < -0.39 is 15.7 Å². The molecule has 9 nitrogen and oxygen atoms in total. The Morgan fingerprint density at radius 2 is 2.00 bits per heavy atom. The number of nitrogens with zero attached hydrogens (tertiary/aromatic N) is 1. The summed E-state index contributed by atoms with van der Waals surface area (Å²) >= 11 is 0. The maximum absolute atomic E-state index is 11.6. The van der Waals surface area contributed by atoms with Crippen LogP contribution in [-0.4, -0.2) is 49.9 Å². The van der Waals surface area contributed by atoms with E-state index >= 15 is 0 Å². The van der Waals surface area contributed by atoms with Gasteiger partial charge in [0.2, 0.25) is 0 Å². The second-order valence-electron chi connectivity index (χ2n) is 7.52. The highest BCUT2D eigenvalue weighted by Crippen LogP contribution is 2.35. The van der Waals surface area contributed by atoms with Gasteiger partial charge >= 0.3 is 0 Å². The smallest absolute Gasteiger partial charge is 0.265 e. The molecule has 1 aliphatic heterocycles. The van der Waals surface area contributed by atoms with Crippen molar-refractivity contribution in [2.24, 2.45) is 5.73 Å². The predicted molar refractivity (Wildman–Crippen MR) is 114 cm³/mol. The van der Waals surface area contributed by atoms with Gasteiger partial charge in [0, 0.05) is 30.6 Å². The lowest BCUT2D eigenvalue weighted by Gasteiger charge is -2.24. The first-order valence-electron chi connectivity index (χ1n) is 9.78. The number of aromatic nitrogens is 2. The van der Waals surface area contributed by atoms with Crippen LogP contribution in [0.25, 0.3) is 10.9 Å². The molecule has 0 saturated carbocycles. The summed E-state index contributed by atoms with van der Waals surface area (Å²) in [7, 11) is -3.17. The number of pyridine rings is 1. The van der Waals surface area contributed by atoms with Crippen LogP contribution in [0.4, 0.5) is 0 Å². The lowest BCUT2D eigenvalue weighted by molar-refractivity contribution is 0.0260. The summed E-state index contributed by atoms with van der Waals surface area (Å²) in [5, 5.41) is 0.718. The number of hydrogen-bond acceptors (Lipinski definition) is 7. The monoisotopic (exact) mass is 445 g/mol. The topological polar surface area (TPSA) is 134 Å². The normalized spacial score (nSPS) is 15.1. The molecule has 1 aliphatic rings. The Morgan fingerprint density at radius 1 is 1.23 bits per heavy atom. The van der Waals surface area contributed by atoms with Gasteiger partial charge < -0.3 is 24.9 Å². The molecular weight excluding hydrogens is 422 g/mol. The lowest BCUT2D eigenvalue weighted by Crippen LogP contribution is -2.26. The molecule has 0 bridgehead atoms. The molecule has 164 valence electrons. The van der Waals surface area contributed by atoms with Crippen LogP contribution in [0, 0.1) is 0 Å². The predicted octanol–water partition coefficient (Wildman–Crippen LogP) is 2.56. The van der Waals surface area contributed by atoms with Crippen LogP contribution < -0.4 is 15.2 Å². The maximum atomic E-state index is 11.6. The number of ether oxygens (including phenoxy) is 3. The van der Waals surface area contributed by atoms with Crippen LogP contribution in [0.5, 0.6) is 17.2 Å². The molecule has 1 amide bonds. The molecule has 0 unspecified atom stereocenters. The number of sulfone groups is 1. The largest absolute Gasteiger partial charge is 0.488 e. The number of amides is 1. The van der Waals surface area contributed by atoms with Crippen LogP contribution in [0.15, 0.2) is 36.5 Å². The molecule has 1 aromatic carbocycles. The fourth-order valence-corrected chi connectivity index (χ4v) is 4.11. The van der Waals surface area contributed by atoms with Crippen molar-refractivity contribution in [2.45, 2.75) is 24.7 Å². The second kappa shape index (κ2) is 8.56. The van der Waals surface area contributed by atoms with Crippen LogP contribution in [-0.2, 0) is 20.3 Å². The highest BCUT2D eigenvalue weighted by Gasteiger charge is 2.19. The fourth-order valence-electron chi connectivity index (χ4n) is 3.40. The van der Waals surface area contributed by atoms with Crippen molar-refractivity contribution in [3.8, 4) is 17.2 Å². The molecule has 3 N–H and O–H groups in total. The summed E-state index contributed by atoms with van der Waals surface area (Å²) in [5.41, 5.74) is 6.79. The molecule has 0 spiro atoms. The molecule has 3 aromatic rings. The SMILES string of the molecule is CS(=O)(=O)Cc1ccc(Oc2cc(OC3CCOCC3)c3[nH]c(C(N)=O)cc3c2)cn1. The Bertz CT molecular complexity index is 1200. The maximum Gasteiger partial charge on any atom is 0.265 e. The van der Waals surface area contributed by atoms with Crippen molar-refractivity contribution < 1.29 is 27.4 Å². The van der Waals surface area contributed by atoms with E-state index in [1.54, 1.807) is 30.3 Å². The minimum absolute atomic E-state index is 0.00975. The Hall–Kier alpha value is -3.11. The van der Waals surface area contributed by atoms with Gasteiger partial charge in [0.05, 0.1) is 36.4 Å². The number of primary amides is 1. The third kappa shape index (κ3) is 5.33. The number of H-pyrrole nitrogens is 1. The molecule has 3 heterocycles. The second-order valence-corrected chi connectivity index (χ2v) is 9.66. The zero-order valence-corrected chi connectivity index (χ0v) is 17.8. The van der Waals surface area contributed by atoms with E-state index in [4.69, 9.17) is 19.9 Å². The van der Waals surface area contributed by atoms with Gasteiger partial charge in [-0.25, -0.2) is 8.42 Å². The number of carbonyl (C=O) groups is 1. The number of aromatic amines is 1. The molecule has 31 heavy (non-hydrogen) atoms. The van der Waals surface area contributed by atoms with Crippen LogP contribution in [0.1, 0.15) is 29.0 Å². The van der Waals surface area contributed by atoms with Gasteiger partial charge in [-0.2, -0.15) is 0 Å². The Morgan fingerprint density at radius 3 is 2.65 bits per heavy atom. The number of nitrogens with one attached hydrogen (secondary N) is 1. The van der Waals surface area contributed by atoms with Crippen molar-refractivity contribution in [1.82, 2.24) is 9.97 Å². The zero-order valence-electron chi connectivity index (χ0n) is 17.0. The molecule has 0 aliphatic carbocycles. The number of benzene rings is 1. The van der Waals surface area contributed by atoms with Gasteiger partial charge in [0.15, 0.2) is 9.84 Å². The fraction of sp³-hybridized carbons (Fsp3) is 0.333. The Labute approximate surface area is 179 Å². The van der Waals surface area contributed by atoms with E-state index in [2.05, 4.69) is 9.97 Å². The summed E-state index contributed by atoms with van der Waals surface area (Å²) in [6, 6.07) is 8.41. The van der Waals surface area contributed by atoms with Gasteiger partial charge in [-0.15, -0.1) is 0 Å². The highest BCUT2D eigenvalue weighted by molar-refractivity contribution is 7.89. The van der Waals surface area contributed by atoms with Crippen molar-refractivity contribution in [1.29, 1.82) is 0 Å². The first-order chi connectivity index (χ1) is 14.8. The van der Waals surface area contributed by atoms with E-state index in [0.29, 0.717) is 41.7 Å². The molecule has 4 rings (SSSR count). The van der Waals surface area contributed by atoms with E-state index in [-0.39, 0.29) is 17.6 Å². The summed E-state index contributed by atoms with van der Waals surface area (Å²) in [6.45, 7) is 1.26. The molecule has 1 fully saturated rings. The quantitative estimate of drug-likeness (QED) is 0.571. The van der Waals surface area contributed by atoms with Crippen molar-refractivity contribution in [3.63, 3.8) is 0 Å². The van der Waals surface area contributed by atoms with Crippen LogP contribution in [0.2, 0.25) is 0 Å². The minimum atomic E-state index is -3.17. The third-order valence-electron chi connectivity index (χ3n) is 4.84. The van der Waals surface area contributed by atoms with Crippen molar-refractivity contribution in [2.75, 3.05) is 19.5 Å². The number of nitrogens with two attached hydrogens (primary N) is 1. The number of rotatable bonds is 7. The van der Waals surface area contributed by atoms with Crippen molar-refractivity contribution in [3.05, 3.63) is 47.9 Å². The summed E-state index contributed by atoms with van der Waals surface area (Å²) in [6.07, 6.45) is 4.15. The van der Waals surface area contributed by atoms with Gasteiger partial charge in [-0.3, -0.25) is 9.78 Å². The van der Waals surface area contributed by atoms with Crippen molar-refractivity contribution >= 4 is 26.6 Å². The molecule has 2 aromatic heterocycles. The average Bonchev–Trinajstić information content (AvgIpc) is 3.14. The van der Waals surface area contributed by atoms with Gasteiger partial charge in [-0.05, 0) is 24.3 Å². The summed E-state index contributed by atoms with van der Waals surface area (Å²) in [5.74, 6) is 0.776. The summed E-state index contributed by atoms with van der Waals surface area (Å²) in [4.78, 5) is 18.8. The van der Waals surface area contributed by atoms with E-state index in [1.807, 2.05) is 0 Å². The Kier molecular flexibility index (Phi) is 5.84. The summed E-state index contributed by atoms with van der Waals surface area (Å²) < 4.78 is 40.3. The van der Waals surface area contributed by atoms with E-state index in [9.17, 15) is 13.2 Å². The standard InChI is InChI=1S/C21H23N3O6S/c1-31(26,27)12-14-2-3-16(11-23-14)29-17-8-13-9-18(21(22)25)24-20(13)19(10-17)30-15-4-6-28-7-5-15/h2-3,8-11,15,24H,4-7,12H2,1H3,(H2,22,25). The third-order valence-corrected chi connectivity index (χ3v) is 5.66. The lowest BCUT2D eigenvalue weighted by atomic mass is 10.1. The first kappa shape index (κ1) is 21.1. The highest BCUT2D eigenvalue weighted by atomic mass is 32.2.